The van der Waals surface area contributed by atoms with E-state index in [2.05, 4.69) is 57.7 Å². The summed E-state index contributed by atoms with van der Waals surface area (Å²) in [6, 6.07) is 10.7. The number of hydrogen-bond acceptors (Lipinski definition) is 3. The summed E-state index contributed by atoms with van der Waals surface area (Å²) < 4.78 is 0.362. The highest BCUT2D eigenvalue weighted by molar-refractivity contribution is 8.01. The van der Waals surface area contributed by atoms with Crippen LogP contribution in [0.4, 0.5) is 0 Å². The summed E-state index contributed by atoms with van der Waals surface area (Å²) in [5.74, 6) is 2.27. The van der Waals surface area contributed by atoms with Crippen molar-refractivity contribution in [3.8, 4) is 0 Å². The molecule has 2 fully saturated rings. The predicted octanol–water partition coefficient (Wildman–Crippen LogP) is 3.37. The molecule has 5 heteroatoms. The quantitative estimate of drug-likeness (QED) is 0.617. The molecule has 0 radical (unpaired) electrons. The number of nitrogens with zero attached hydrogens (tertiary/aromatic N) is 1. The van der Waals surface area contributed by atoms with E-state index in [1.807, 2.05) is 18.8 Å². The van der Waals surface area contributed by atoms with Crippen molar-refractivity contribution in [2.24, 2.45) is 4.99 Å². The Balaban J connectivity index is 1.44. The first kappa shape index (κ1) is 16.1. The Labute approximate surface area is 142 Å². The van der Waals surface area contributed by atoms with E-state index in [4.69, 9.17) is 0 Å². The van der Waals surface area contributed by atoms with Gasteiger partial charge in [0.1, 0.15) is 0 Å². The van der Waals surface area contributed by atoms with Crippen LogP contribution in [-0.2, 0) is 0 Å². The van der Waals surface area contributed by atoms with Crippen molar-refractivity contribution in [3.63, 3.8) is 0 Å². The molecule has 1 saturated heterocycles. The molecule has 1 aromatic rings. The molecule has 3 nitrogen and oxygen atoms in total. The van der Waals surface area contributed by atoms with Crippen molar-refractivity contribution >= 4 is 29.5 Å². The van der Waals surface area contributed by atoms with Gasteiger partial charge in [-0.15, -0.1) is 11.8 Å². The molecule has 1 unspecified atom stereocenters. The average molecular weight is 336 g/mol. The summed E-state index contributed by atoms with van der Waals surface area (Å²) in [4.78, 5) is 5.73. The second-order valence-electron chi connectivity index (χ2n) is 6.04. The van der Waals surface area contributed by atoms with Gasteiger partial charge in [-0.25, -0.2) is 0 Å². The molecule has 0 amide bonds. The lowest BCUT2D eigenvalue weighted by molar-refractivity contribution is 0.717. The van der Waals surface area contributed by atoms with Crippen LogP contribution in [0, 0.1) is 0 Å². The van der Waals surface area contributed by atoms with Crippen molar-refractivity contribution in [1.82, 2.24) is 10.6 Å². The predicted molar refractivity (Wildman–Crippen MR) is 99.1 cm³/mol. The smallest absolute Gasteiger partial charge is 0.191 e. The SMILES string of the molecule is CN=C(NCC1CCCS1)NCC1(Sc2ccccc2)CC1. The molecule has 2 aliphatic rings. The summed E-state index contributed by atoms with van der Waals surface area (Å²) in [5, 5.41) is 7.77. The molecule has 1 aliphatic heterocycles. The highest BCUT2D eigenvalue weighted by Gasteiger charge is 2.43. The number of aliphatic imine (C=N–C) groups is 1. The minimum atomic E-state index is 0.362. The van der Waals surface area contributed by atoms with Gasteiger partial charge in [-0.05, 0) is 43.6 Å². The zero-order valence-corrected chi connectivity index (χ0v) is 14.8. The first-order valence-electron chi connectivity index (χ1n) is 8.10. The van der Waals surface area contributed by atoms with E-state index in [1.165, 1.54) is 36.3 Å². The van der Waals surface area contributed by atoms with Gasteiger partial charge in [0.25, 0.3) is 0 Å². The van der Waals surface area contributed by atoms with E-state index >= 15 is 0 Å². The first-order valence-corrected chi connectivity index (χ1v) is 9.96. The van der Waals surface area contributed by atoms with Gasteiger partial charge in [0.2, 0.25) is 0 Å². The molecule has 1 saturated carbocycles. The molecule has 3 rings (SSSR count). The monoisotopic (exact) mass is 335 g/mol. The lowest BCUT2D eigenvalue weighted by Crippen LogP contribution is -2.43. The van der Waals surface area contributed by atoms with Crippen LogP contribution in [0.2, 0.25) is 0 Å². The summed E-state index contributed by atoms with van der Waals surface area (Å²) in [5.41, 5.74) is 0. The van der Waals surface area contributed by atoms with Crippen LogP contribution in [0.25, 0.3) is 0 Å². The van der Waals surface area contributed by atoms with E-state index in [9.17, 15) is 0 Å². The summed E-state index contributed by atoms with van der Waals surface area (Å²) in [7, 11) is 1.86. The fourth-order valence-corrected chi connectivity index (χ4v) is 5.12. The van der Waals surface area contributed by atoms with Crippen LogP contribution in [0.3, 0.4) is 0 Å². The summed E-state index contributed by atoms with van der Waals surface area (Å²) >= 11 is 4.09. The van der Waals surface area contributed by atoms with E-state index in [1.54, 1.807) is 0 Å². The third kappa shape index (κ3) is 4.59. The highest BCUT2D eigenvalue weighted by Crippen LogP contribution is 2.51. The van der Waals surface area contributed by atoms with Gasteiger partial charge in [-0.3, -0.25) is 4.99 Å². The Morgan fingerprint density at radius 2 is 2.14 bits per heavy atom. The minimum Gasteiger partial charge on any atom is -0.355 e. The van der Waals surface area contributed by atoms with Crippen LogP contribution < -0.4 is 10.6 Å². The van der Waals surface area contributed by atoms with Crippen LogP contribution in [-0.4, -0.2) is 41.8 Å². The van der Waals surface area contributed by atoms with Crippen LogP contribution in [0.15, 0.2) is 40.2 Å². The maximum atomic E-state index is 4.36. The second kappa shape index (κ2) is 7.64. The molecule has 1 aliphatic carbocycles. The number of rotatable bonds is 6. The molecular weight excluding hydrogens is 310 g/mol. The summed E-state index contributed by atoms with van der Waals surface area (Å²) in [6.45, 7) is 2.02. The third-order valence-corrected chi connectivity index (χ3v) is 7.10. The maximum absolute atomic E-state index is 4.36. The van der Waals surface area contributed by atoms with Crippen LogP contribution in [0.5, 0.6) is 0 Å². The topological polar surface area (TPSA) is 36.4 Å². The largest absolute Gasteiger partial charge is 0.355 e. The fraction of sp³-hybridized carbons (Fsp3) is 0.588. The molecule has 120 valence electrons. The molecule has 1 heterocycles. The number of benzene rings is 1. The fourth-order valence-electron chi connectivity index (χ4n) is 2.67. The molecule has 1 atom stereocenters. The molecule has 22 heavy (non-hydrogen) atoms. The molecular formula is C17H25N3S2. The van der Waals surface area contributed by atoms with Gasteiger partial charge in [0.05, 0.1) is 0 Å². The molecule has 1 aromatic carbocycles. The number of guanidine groups is 1. The average Bonchev–Trinajstić information content (AvgIpc) is 3.11. The van der Waals surface area contributed by atoms with Crippen molar-refractivity contribution in [2.75, 3.05) is 25.9 Å². The third-order valence-electron chi connectivity index (χ3n) is 4.21. The van der Waals surface area contributed by atoms with E-state index in [-0.39, 0.29) is 0 Å². The second-order valence-corrected chi connectivity index (χ2v) is 8.99. The number of thioether (sulfide) groups is 2. The molecule has 0 aromatic heterocycles. The van der Waals surface area contributed by atoms with Crippen molar-refractivity contribution in [1.29, 1.82) is 0 Å². The Morgan fingerprint density at radius 3 is 2.77 bits per heavy atom. The van der Waals surface area contributed by atoms with Gasteiger partial charge in [0.15, 0.2) is 5.96 Å². The Kier molecular flexibility index (Phi) is 5.58. The van der Waals surface area contributed by atoms with Gasteiger partial charge in [-0.2, -0.15) is 11.8 Å². The van der Waals surface area contributed by atoms with Gasteiger partial charge >= 0.3 is 0 Å². The maximum Gasteiger partial charge on any atom is 0.191 e. The zero-order chi connectivity index (χ0) is 15.3. The Morgan fingerprint density at radius 1 is 1.32 bits per heavy atom. The van der Waals surface area contributed by atoms with Gasteiger partial charge in [-0.1, -0.05) is 18.2 Å². The lowest BCUT2D eigenvalue weighted by Gasteiger charge is -2.19. The Bertz CT molecular complexity index is 494. The molecule has 0 bridgehead atoms. The van der Waals surface area contributed by atoms with E-state index in [0.29, 0.717) is 4.75 Å². The minimum absolute atomic E-state index is 0.362. The van der Waals surface area contributed by atoms with Crippen LogP contribution in [0.1, 0.15) is 25.7 Å². The van der Waals surface area contributed by atoms with Crippen molar-refractivity contribution < 1.29 is 0 Å². The number of hydrogen-bond donors (Lipinski definition) is 2. The zero-order valence-electron chi connectivity index (χ0n) is 13.2. The highest BCUT2D eigenvalue weighted by atomic mass is 32.2. The van der Waals surface area contributed by atoms with Gasteiger partial charge in [0, 0.05) is 35.0 Å². The van der Waals surface area contributed by atoms with Gasteiger partial charge < -0.3 is 10.6 Å². The van der Waals surface area contributed by atoms with E-state index < -0.39 is 0 Å². The van der Waals surface area contributed by atoms with Crippen molar-refractivity contribution in [2.45, 2.75) is 40.6 Å². The summed E-state index contributed by atoms with van der Waals surface area (Å²) in [6.07, 6.45) is 5.27. The first-order chi connectivity index (χ1) is 10.8. The standard InChI is InChI=1S/C17H25N3S2/c1-18-16(19-12-15-8-5-11-21-15)20-13-17(9-10-17)22-14-6-3-2-4-7-14/h2-4,6-7,15H,5,8-13H2,1H3,(H2,18,19,20). The van der Waals surface area contributed by atoms with E-state index in [0.717, 1.165) is 24.3 Å². The number of nitrogens with one attached hydrogen (secondary N) is 2. The van der Waals surface area contributed by atoms with Crippen molar-refractivity contribution in [3.05, 3.63) is 30.3 Å². The normalized spacial score (nSPS) is 23.3. The Hall–Kier alpha value is -0.810. The molecule has 2 N–H and O–H groups in total. The van der Waals surface area contributed by atoms with Crippen LogP contribution >= 0.6 is 23.5 Å². The lowest BCUT2D eigenvalue weighted by atomic mass is 10.2. The molecule has 0 spiro atoms.